The average molecular weight is 285 g/mol. The first-order valence-corrected chi connectivity index (χ1v) is 6.25. The van der Waals surface area contributed by atoms with Gasteiger partial charge >= 0.3 is 0 Å². The van der Waals surface area contributed by atoms with Crippen molar-refractivity contribution in [1.29, 1.82) is 0 Å². The van der Waals surface area contributed by atoms with Crippen LogP contribution in [0.5, 0.6) is 0 Å². The third-order valence-electron chi connectivity index (χ3n) is 2.92. The molecule has 0 amide bonds. The van der Waals surface area contributed by atoms with Crippen LogP contribution < -0.4 is 0 Å². The Morgan fingerprint density at radius 2 is 1.79 bits per heavy atom. The molecule has 2 aromatic rings. The Balaban J connectivity index is 2.25. The van der Waals surface area contributed by atoms with Crippen LogP contribution in [0.1, 0.15) is 22.1 Å². The summed E-state index contributed by atoms with van der Waals surface area (Å²) in [5.41, 5.74) is 1.23. The minimum Gasteiger partial charge on any atom is -0.207 e. The quantitative estimate of drug-likeness (QED) is 0.701. The summed E-state index contributed by atoms with van der Waals surface area (Å²) in [4.78, 5) is 0. The molecule has 2 aromatic carbocycles. The summed E-state index contributed by atoms with van der Waals surface area (Å²) >= 11 is 6.14. The molecule has 19 heavy (non-hydrogen) atoms. The second-order valence-electron chi connectivity index (χ2n) is 4.42. The lowest BCUT2D eigenvalue weighted by atomic mass is 10.0. The normalized spacial score (nSPS) is 12.5. The molecule has 0 saturated heterocycles. The maximum absolute atomic E-state index is 13.7. The minimum absolute atomic E-state index is 0.227. The molecule has 0 aliphatic rings. The van der Waals surface area contributed by atoms with E-state index in [1.807, 2.05) is 0 Å². The van der Waals surface area contributed by atoms with Crippen molar-refractivity contribution < 1.29 is 13.2 Å². The number of aryl methyl sites for hydroxylation is 1. The Morgan fingerprint density at radius 3 is 2.47 bits per heavy atom. The first-order valence-electron chi connectivity index (χ1n) is 5.81. The van der Waals surface area contributed by atoms with E-state index in [0.717, 1.165) is 6.07 Å². The Hall–Kier alpha value is -1.48. The maximum atomic E-state index is 13.7. The molecule has 0 bridgehead atoms. The van der Waals surface area contributed by atoms with Crippen molar-refractivity contribution in [2.75, 3.05) is 0 Å². The van der Waals surface area contributed by atoms with Crippen molar-refractivity contribution in [1.82, 2.24) is 0 Å². The Bertz CT molecular complexity index is 596. The van der Waals surface area contributed by atoms with Crippen molar-refractivity contribution >= 4 is 11.6 Å². The van der Waals surface area contributed by atoms with E-state index >= 15 is 0 Å². The maximum Gasteiger partial charge on any atom is 0.130 e. The molecule has 0 N–H and O–H groups in total. The topological polar surface area (TPSA) is 0 Å². The highest BCUT2D eigenvalue weighted by Gasteiger charge is 2.16. The summed E-state index contributed by atoms with van der Waals surface area (Å²) in [7, 11) is 0. The number of hydrogen-bond donors (Lipinski definition) is 0. The number of benzene rings is 2. The zero-order valence-corrected chi connectivity index (χ0v) is 11.0. The Morgan fingerprint density at radius 1 is 1.05 bits per heavy atom. The van der Waals surface area contributed by atoms with E-state index in [4.69, 9.17) is 11.6 Å². The van der Waals surface area contributed by atoms with E-state index in [2.05, 4.69) is 0 Å². The van der Waals surface area contributed by atoms with Gasteiger partial charge in [0.1, 0.15) is 17.5 Å². The smallest absolute Gasteiger partial charge is 0.130 e. The van der Waals surface area contributed by atoms with E-state index in [0.29, 0.717) is 11.1 Å². The molecule has 0 saturated carbocycles. The summed E-state index contributed by atoms with van der Waals surface area (Å²) in [6.45, 7) is 1.55. The molecule has 1 unspecified atom stereocenters. The summed E-state index contributed by atoms with van der Waals surface area (Å²) in [6.07, 6.45) is 0.279. The van der Waals surface area contributed by atoms with Crippen molar-refractivity contribution in [2.24, 2.45) is 0 Å². The van der Waals surface area contributed by atoms with Crippen LogP contribution in [0.4, 0.5) is 13.2 Å². The standard InChI is InChI=1S/C15H12ClF3/c1-9-5-12(15(19)8-14(9)18)13(16)7-10-3-2-4-11(17)6-10/h2-6,8,13H,7H2,1H3. The zero-order chi connectivity index (χ0) is 14.0. The van der Waals surface area contributed by atoms with Crippen LogP contribution >= 0.6 is 11.6 Å². The molecule has 0 nitrogen and oxygen atoms in total. The van der Waals surface area contributed by atoms with Gasteiger partial charge in [0.15, 0.2) is 0 Å². The third-order valence-corrected chi connectivity index (χ3v) is 3.31. The van der Waals surface area contributed by atoms with Gasteiger partial charge in [-0.1, -0.05) is 12.1 Å². The lowest BCUT2D eigenvalue weighted by Gasteiger charge is -2.12. The SMILES string of the molecule is Cc1cc(C(Cl)Cc2cccc(F)c2)c(F)cc1F. The molecule has 100 valence electrons. The van der Waals surface area contributed by atoms with Gasteiger partial charge in [-0.05, 0) is 42.7 Å². The molecule has 0 fully saturated rings. The van der Waals surface area contributed by atoms with Crippen LogP contribution in [-0.4, -0.2) is 0 Å². The number of alkyl halides is 1. The number of halogens is 4. The summed E-state index contributed by atoms with van der Waals surface area (Å²) < 4.78 is 39.9. The molecular weight excluding hydrogens is 273 g/mol. The van der Waals surface area contributed by atoms with Crippen LogP contribution in [0.15, 0.2) is 36.4 Å². The van der Waals surface area contributed by atoms with Crippen LogP contribution in [0.25, 0.3) is 0 Å². The number of rotatable bonds is 3. The average Bonchev–Trinajstić information content (AvgIpc) is 2.33. The van der Waals surface area contributed by atoms with Gasteiger partial charge in [-0.25, -0.2) is 13.2 Å². The summed E-state index contributed by atoms with van der Waals surface area (Å²) in [6, 6.07) is 8.18. The molecule has 0 aliphatic carbocycles. The van der Waals surface area contributed by atoms with Crippen molar-refractivity contribution in [3.63, 3.8) is 0 Å². The third kappa shape index (κ3) is 3.29. The van der Waals surface area contributed by atoms with E-state index in [9.17, 15) is 13.2 Å². The van der Waals surface area contributed by atoms with Gasteiger partial charge in [0, 0.05) is 11.6 Å². The monoisotopic (exact) mass is 284 g/mol. The van der Waals surface area contributed by atoms with Gasteiger partial charge in [-0.15, -0.1) is 11.6 Å². The second kappa shape index (κ2) is 5.66. The minimum atomic E-state index is -0.681. The molecule has 0 aliphatic heterocycles. The van der Waals surface area contributed by atoms with Crippen molar-refractivity contribution in [3.8, 4) is 0 Å². The van der Waals surface area contributed by atoms with E-state index < -0.39 is 17.0 Å². The summed E-state index contributed by atoms with van der Waals surface area (Å²) in [5.74, 6) is -1.65. The molecule has 0 spiro atoms. The van der Waals surface area contributed by atoms with Crippen LogP contribution in [0, 0.1) is 24.4 Å². The highest BCUT2D eigenvalue weighted by Crippen LogP contribution is 2.29. The highest BCUT2D eigenvalue weighted by atomic mass is 35.5. The van der Waals surface area contributed by atoms with Gasteiger partial charge < -0.3 is 0 Å². The highest BCUT2D eigenvalue weighted by molar-refractivity contribution is 6.20. The lowest BCUT2D eigenvalue weighted by molar-refractivity contribution is 0.564. The first kappa shape index (κ1) is 13.9. The largest absolute Gasteiger partial charge is 0.207 e. The first-order chi connectivity index (χ1) is 8.97. The molecule has 0 aromatic heterocycles. The molecule has 0 radical (unpaired) electrons. The number of hydrogen-bond acceptors (Lipinski definition) is 0. The van der Waals surface area contributed by atoms with Gasteiger partial charge in [-0.2, -0.15) is 0 Å². The van der Waals surface area contributed by atoms with E-state index in [1.165, 1.54) is 18.2 Å². The molecule has 2 rings (SSSR count). The van der Waals surface area contributed by atoms with Gasteiger partial charge in [0.25, 0.3) is 0 Å². The molecular formula is C15H12ClF3. The van der Waals surface area contributed by atoms with Crippen LogP contribution in [0.2, 0.25) is 0 Å². The summed E-state index contributed by atoms with van der Waals surface area (Å²) in [5, 5.41) is -0.666. The van der Waals surface area contributed by atoms with Crippen LogP contribution in [-0.2, 0) is 6.42 Å². The predicted octanol–water partition coefficient (Wildman–Crippen LogP) is 4.93. The fourth-order valence-electron chi connectivity index (χ4n) is 1.90. The van der Waals surface area contributed by atoms with Gasteiger partial charge in [0.2, 0.25) is 0 Å². The Kier molecular flexibility index (Phi) is 4.15. The van der Waals surface area contributed by atoms with Gasteiger partial charge in [0.05, 0.1) is 5.38 Å². The Labute approximate surface area is 114 Å². The van der Waals surface area contributed by atoms with Gasteiger partial charge in [-0.3, -0.25) is 0 Å². The van der Waals surface area contributed by atoms with E-state index in [-0.39, 0.29) is 17.8 Å². The van der Waals surface area contributed by atoms with Crippen molar-refractivity contribution in [2.45, 2.75) is 18.7 Å². The molecule has 1 atom stereocenters. The molecule has 4 heteroatoms. The van der Waals surface area contributed by atoms with E-state index in [1.54, 1.807) is 19.1 Å². The van der Waals surface area contributed by atoms with Crippen molar-refractivity contribution in [3.05, 3.63) is 70.5 Å². The second-order valence-corrected chi connectivity index (χ2v) is 4.95. The molecule has 0 heterocycles. The predicted molar refractivity (Wildman–Crippen MR) is 69.8 cm³/mol. The zero-order valence-electron chi connectivity index (χ0n) is 10.3. The fraction of sp³-hybridized carbons (Fsp3) is 0.200. The van der Waals surface area contributed by atoms with Crippen LogP contribution in [0.3, 0.4) is 0 Å². The lowest BCUT2D eigenvalue weighted by Crippen LogP contribution is -2.01. The fourth-order valence-corrected chi connectivity index (χ4v) is 2.25.